The number of fused-ring (bicyclic) bond motifs is 6. The van der Waals surface area contributed by atoms with Crippen molar-refractivity contribution in [1.82, 2.24) is 14.5 Å². The van der Waals surface area contributed by atoms with Crippen molar-refractivity contribution >= 4 is 49.6 Å². The summed E-state index contributed by atoms with van der Waals surface area (Å²) in [5, 5.41) is 4.58. The van der Waals surface area contributed by atoms with Gasteiger partial charge in [0.1, 0.15) is 11.7 Å². The normalized spacial score (nSPS) is 13.0. The second-order valence-corrected chi connectivity index (χ2v) is 12.2. The van der Waals surface area contributed by atoms with E-state index in [0.717, 1.165) is 44.7 Å². The first-order chi connectivity index (χ1) is 21.3. The first-order valence-corrected chi connectivity index (χ1v) is 14.7. The van der Waals surface area contributed by atoms with Gasteiger partial charge >= 0.3 is 0 Å². The number of para-hydroxylation sites is 1. The zero-order chi connectivity index (χ0) is 30.0. The third-order valence-corrected chi connectivity index (χ3v) is 8.31. The number of hydrogen-bond donors (Lipinski definition) is 0. The Morgan fingerprint density at radius 3 is 2.40 bits per heavy atom. The first-order valence-electron chi connectivity index (χ1n) is 14.7. The van der Waals surface area contributed by atoms with E-state index in [2.05, 4.69) is 145 Å². The smallest absolute Gasteiger partial charge is 0.135 e. The van der Waals surface area contributed by atoms with E-state index in [1.54, 1.807) is 6.20 Å². The van der Waals surface area contributed by atoms with Crippen molar-refractivity contribution in [3.63, 3.8) is 0 Å². The van der Waals surface area contributed by atoms with E-state index in [1.165, 1.54) is 16.3 Å². The van der Waals surface area contributed by atoms with Crippen LogP contribution in [0, 0.1) is 18.8 Å². The molecule has 0 radical (unpaired) electrons. The molecule has 0 saturated heterocycles. The summed E-state index contributed by atoms with van der Waals surface area (Å²) in [6, 6.07) is 38.3. The molecule has 6 nitrogen and oxygen atoms in total. The molecular weight excluding hydrogens is 738 g/mol. The molecule has 226 valence electrons. The summed E-state index contributed by atoms with van der Waals surface area (Å²) in [4.78, 5) is 13.6. The van der Waals surface area contributed by atoms with Crippen molar-refractivity contribution in [2.45, 2.75) is 26.2 Å². The van der Waals surface area contributed by atoms with Gasteiger partial charge in [0, 0.05) is 55.3 Å². The number of ether oxygens (including phenoxy) is 1. The second-order valence-electron chi connectivity index (χ2n) is 12.2. The summed E-state index contributed by atoms with van der Waals surface area (Å²) in [6.45, 7) is 8.72. The Hall–Kier alpha value is -4.67. The average molecular weight is 768 g/mol. The largest absolute Gasteiger partial charge is 0.504 e. The number of pyridine rings is 2. The monoisotopic (exact) mass is 767 g/mol. The molecule has 4 aromatic carbocycles. The molecule has 7 heteroatoms. The van der Waals surface area contributed by atoms with Crippen LogP contribution in [0.4, 0.5) is 17.1 Å². The van der Waals surface area contributed by atoms with Gasteiger partial charge < -0.3 is 19.1 Å². The topological polar surface area (TPSA) is 46.4 Å². The van der Waals surface area contributed by atoms with E-state index in [1.807, 2.05) is 18.3 Å². The van der Waals surface area contributed by atoms with Crippen LogP contribution in [0.2, 0.25) is 0 Å². The SMILES string of the molecule is CN1[CH-]N(c2[c-]c(Oc3[c-]c4c(cc3)c3ccccc3n4-c3cc(C(C)(C)C)ccn3)ncc2)c2c1ccc1ccccc21.[Pt]. The molecule has 0 aliphatic carbocycles. The quantitative estimate of drug-likeness (QED) is 0.167. The fraction of sp³-hybridized carbons (Fsp3) is 0.132. The Bertz CT molecular complexity index is 2220. The standard InChI is InChI=1S/C38H30N5O.Pt/c1-38(2,3)26-17-19-39-35(21-26)43-32-12-8-7-11-30(32)31-15-14-28(23-34(31)43)44-36-22-27(18-20-40-36)42-24-41(4)33-16-13-25-9-5-6-10-29(25)37(33)42;/h5-21,24H,1-4H3;/q-3;. The molecular formula is C38H30N5OPt-3. The van der Waals surface area contributed by atoms with Crippen molar-refractivity contribution < 1.29 is 25.8 Å². The minimum Gasteiger partial charge on any atom is -0.504 e. The van der Waals surface area contributed by atoms with Crippen LogP contribution in [0.25, 0.3) is 38.4 Å². The maximum atomic E-state index is 6.34. The molecule has 0 amide bonds. The molecule has 0 bridgehead atoms. The van der Waals surface area contributed by atoms with E-state index in [4.69, 9.17) is 9.72 Å². The van der Waals surface area contributed by atoms with Crippen molar-refractivity contribution in [2.75, 3.05) is 16.8 Å². The summed E-state index contributed by atoms with van der Waals surface area (Å²) >= 11 is 0. The number of rotatable bonds is 4. The van der Waals surface area contributed by atoms with E-state index in [9.17, 15) is 0 Å². The van der Waals surface area contributed by atoms with Gasteiger partial charge in [0.25, 0.3) is 0 Å². The first kappa shape index (κ1) is 29.1. The maximum Gasteiger partial charge on any atom is 0.135 e. The molecule has 0 spiro atoms. The predicted octanol–water partition coefficient (Wildman–Crippen LogP) is 9.12. The Morgan fingerprint density at radius 1 is 0.778 bits per heavy atom. The Morgan fingerprint density at radius 2 is 1.56 bits per heavy atom. The summed E-state index contributed by atoms with van der Waals surface area (Å²) < 4.78 is 8.51. The molecule has 3 aromatic heterocycles. The third-order valence-electron chi connectivity index (χ3n) is 8.31. The van der Waals surface area contributed by atoms with Crippen molar-refractivity contribution in [3.05, 3.63) is 128 Å². The van der Waals surface area contributed by atoms with Crippen LogP contribution in [0.1, 0.15) is 26.3 Å². The van der Waals surface area contributed by atoms with Gasteiger partial charge in [-0.1, -0.05) is 74.8 Å². The Kier molecular flexibility index (Phi) is 7.13. The summed E-state index contributed by atoms with van der Waals surface area (Å²) in [7, 11) is 2.06. The van der Waals surface area contributed by atoms with Gasteiger partial charge in [0.15, 0.2) is 0 Å². The van der Waals surface area contributed by atoms with Crippen molar-refractivity contribution in [1.29, 1.82) is 0 Å². The molecule has 0 N–H and O–H groups in total. The maximum absolute atomic E-state index is 6.34. The van der Waals surface area contributed by atoms with Gasteiger partial charge in [-0.25, -0.2) is 4.98 Å². The minimum atomic E-state index is -0.00463. The zero-order valence-electron chi connectivity index (χ0n) is 25.4. The number of benzene rings is 4. The molecule has 0 atom stereocenters. The van der Waals surface area contributed by atoms with E-state index < -0.39 is 0 Å². The van der Waals surface area contributed by atoms with Gasteiger partial charge in [-0.05, 0) is 59.3 Å². The fourth-order valence-corrected chi connectivity index (χ4v) is 6.09. The molecule has 0 fully saturated rings. The summed E-state index contributed by atoms with van der Waals surface area (Å²) in [5.41, 5.74) is 6.27. The molecule has 8 rings (SSSR count). The van der Waals surface area contributed by atoms with Crippen LogP contribution < -0.4 is 14.5 Å². The fourth-order valence-electron chi connectivity index (χ4n) is 6.09. The molecule has 0 unspecified atom stereocenters. The van der Waals surface area contributed by atoms with E-state index >= 15 is 0 Å². The van der Waals surface area contributed by atoms with Crippen LogP contribution in [0.15, 0.2) is 103 Å². The average Bonchev–Trinajstić information content (AvgIpc) is 3.55. The van der Waals surface area contributed by atoms with Gasteiger partial charge in [-0.15, -0.1) is 17.5 Å². The van der Waals surface area contributed by atoms with E-state index in [-0.39, 0.29) is 26.5 Å². The van der Waals surface area contributed by atoms with Gasteiger partial charge in [0.05, 0.1) is 0 Å². The van der Waals surface area contributed by atoms with E-state index in [0.29, 0.717) is 11.6 Å². The van der Waals surface area contributed by atoms with Crippen LogP contribution in [-0.2, 0) is 26.5 Å². The molecule has 45 heavy (non-hydrogen) atoms. The Labute approximate surface area is 277 Å². The molecule has 0 saturated carbocycles. The van der Waals surface area contributed by atoms with Gasteiger partial charge in [-0.2, -0.15) is 30.6 Å². The predicted molar refractivity (Wildman–Crippen MR) is 178 cm³/mol. The van der Waals surface area contributed by atoms with Gasteiger partial charge in [-0.3, -0.25) is 4.98 Å². The number of aromatic nitrogens is 3. The van der Waals surface area contributed by atoms with Crippen LogP contribution in [0.5, 0.6) is 11.6 Å². The summed E-state index contributed by atoms with van der Waals surface area (Å²) in [6.07, 6.45) is 3.64. The number of anilines is 3. The second kappa shape index (κ2) is 11.0. The molecule has 4 heterocycles. The van der Waals surface area contributed by atoms with Crippen LogP contribution in [-0.4, -0.2) is 21.6 Å². The molecule has 1 aliphatic heterocycles. The van der Waals surface area contributed by atoms with Crippen LogP contribution in [0.3, 0.4) is 0 Å². The van der Waals surface area contributed by atoms with Crippen LogP contribution >= 0.6 is 0 Å². The zero-order valence-corrected chi connectivity index (χ0v) is 27.6. The Balaban J connectivity index is 0.00000325. The van der Waals surface area contributed by atoms with Crippen molar-refractivity contribution in [3.8, 4) is 17.4 Å². The minimum absolute atomic E-state index is 0. The molecule has 1 aliphatic rings. The van der Waals surface area contributed by atoms with Crippen molar-refractivity contribution in [2.24, 2.45) is 0 Å². The third kappa shape index (κ3) is 4.94. The number of hydrogen-bond acceptors (Lipinski definition) is 5. The summed E-state index contributed by atoms with van der Waals surface area (Å²) in [5.74, 6) is 1.78. The number of nitrogens with zero attached hydrogens (tertiary/aromatic N) is 5. The van der Waals surface area contributed by atoms with Gasteiger partial charge in [0.2, 0.25) is 0 Å². The molecule has 7 aromatic rings.